The van der Waals surface area contributed by atoms with E-state index in [9.17, 15) is 4.79 Å². The monoisotopic (exact) mass is 276 g/mol. The lowest BCUT2D eigenvalue weighted by Crippen LogP contribution is -2.31. The van der Waals surface area contributed by atoms with Crippen molar-refractivity contribution in [3.63, 3.8) is 0 Å². The lowest BCUT2D eigenvalue weighted by Gasteiger charge is -2.21. The first-order valence-electron chi connectivity index (χ1n) is 7.09. The number of rotatable bonds is 3. The number of hydrogen-bond donors (Lipinski definition) is 2. The number of thioether (sulfide) groups is 1. The van der Waals surface area contributed by atoms with Crippen LogP contribution in [0.4, 0.5) is 5.69 Å². The number of fused-ring (bicyclic) bond motifs is 1. The van der Waals surface area contributed by atoms with Gasteiger partial charge in [0.2, 0.25) is 0 Å². The van der Waals surface area contributed by atoms with Crippen molar-refractivity contribution in [1.82, 2.24) is 5.32 Å². The van der Waals surface area contributed by atoms with Gasteiger partial charge >= 0.3 is 0 Å². The molecule has 2 aliphatic heterocycles. The number of nitrogens with one attached hydrogen (secondary N) is 2. The van der Waals surface area contributed by atoms with Crippen LogP contribution in [0, 0.1) is 0 Å². The van der Waals surface area contributed by atoms with Crippen molar-refractivity contribution in [2.45, 2.75) is 30.9 Å². The summed E-state index contributed by atoms with van der Waals surface area (Å²) in [6.45, 7) is 1.79. The molecule has 1 fully saturated rings. The van der Waals surface area contributed by atoms with Crippen molar-refractivity contribution in [3.05, 3.63) is 29.3 Å². The summed E-state index contributed by atoms with van der Waals surface area (Å²) in [6.07, 6.45) is 4.89. The number of anilines is 1. The molecule has 1 aromatic carbocycles. The minimum Gasteiger partial charge on any atom is -0.384 e. The Labute approximate surface area is 118 Å². The average Bonchev–Trinajstić information content (AvgIpc) is 2.93. The van der Waals surface area contributed by atoms with Gasteiger partial charge < -0.3 is 10.6 Å². The van der Waals surface area contributed by atoms with Crippen LogP contribution in [-0.2, 0) is 6.42 Å². The van der Waals surface area contributed by atoms with Gasteiger partial charge in [-0.2, -0.15) is 11.8 Å². The van der Waals surface area contributed by atoms with Crippen molar-refractivity contribution in [1.29, 1.82) is 0 Å². The summed E-state index contributed by atoms with van der Waals surface area (Å²) < 4.78 is 0. The number of amides is 1. The molecule has 1 atom stereocenters. The van der Waals surface area contributed by atoms with Gasteiger partial charge in [0, 0.05) is 29.6 Å². The maximum atomic E-state index is 12.1. The van der Waals surface area contributed by atoms with Crippen molar-refractivity contribution in [2.75, 3.05) is 24.2 Å². The molecule has 19 heavy (non-hydrogen) atoms. The lowest BCUT2D eigenvalue weighted by atomic mass is 10.1. The zero-order valence-electron chi connectivity index (χ0n) is 11.1. The van der Waals surface area contributed by atoms with Crippen molar-refractivity contribution >= 4 is 23.4 Å². The molecule has 2 N–H and O–H groups in total. The van der Waals surface area contributed by atoms with Crippen LogP contribution < -0.4 is 10.6 Å². The summed E-state index contributed by atoms with van der Waals surface area (Å²) >= 11 is 2.00. The second-order valence-corrected chi connectivity index (χ2v) is 6.66. The minimum atomic E-state index is 0.0703. The Morgan fingerprint density at radius 3 is 3.21 bits per heavy atom. The van der Waals surface area contributed by atoms with Crippen molar-refractivity contribution < 1.29 is 4.79 Å². The van der Waals surface area contributed by atoms with Gasteiger partial charge in [-0.15, -0.1) is 0 Å². The van der Waals surface area contributed by atoms with E-state index in [-0.39, 0.29) is 5.91 Å². The standard InChI is InChI=1S/C15H20N2OS/c18-15(17-10-13-3-1-2-8-19-13)12-4-5-14-11(9-12)6-7-16-14/h4-5,9,13,16H,1-3,6-8,10H2,(H,17,18). The molecule has 1 saturated heterocycles. The van der Waals surface area contributed by atoms with Gasteiger partial charge in [0.05, 0.1) is 0 Å². The van der Waals surface area contributed by atoms with E-state index in [2.05, 4.69) is 10.6 Å². The van der Waals surface area contributed by atoms with E-state index in [1.807, 2.05) is 30.0 Å². The maximum Gasteiger partial charge on any atom is 0.251 e. The summed E-state index contributed by atoms with van der Waals surface area (Å²) in [7, 11) is 0. The van der Waals surface area contributed by atoms with Crippen molar-refractivity contribution in [2.24, 2.45) is 0 Å². The van der Waals surface area contributed by atoms with Gasteiger partial charge in [0.15, 0.2) is 0 Å². The molecule has 0 bridgehead atoms. The molecular formula is C15H20N2OS. The predicted molar refractivity (Wildman–Crippen MR) is 81.1 cm³/mol. The van der Waals surface area contributed by atoms with E-state index in [4.69, 9.17) is 0 Å². The minimum absolute atomic E-state index is 0.0703. The van der Waals surface area contributed by atoms with Crippen LogP contribution in [0.25, 0.3) is 0 Å². The zero-order chi connectivity index (χ0) is 13.1. The fourth-order valence-electron chi connectivity index (χ4n) is 2.72. The Morgan fingerprint density at radius 2 is 2.37 bits per heavy atom. The first-order valence-corrected chi connectivity index (χ1v) is 8.14. The summed E-state index contributed by atoms with van der Waals surface area (Å²) in [5.74, 6) is 1.31. The Bertz CT molecular complexity index is 469. The molecule has 0 radical (unpaired) electrons. The molecule has 0 saturated carbocycles. The highest BCUT2D eigenvalue weighted by atomic mass is 32.2. The molecule has 3 nitrogen and oxygen atoms in total. The Hall–Kier alpha value is -1.16. The van der Waals surface area contributed by atoms with Crippen LogP contribution in [0.1, 0.15) is 35.2 Å². The van der Waals surface area contributed by atoms with Gasteiger partial charge in [0.1, 0.15) is 0 Å². The first-order chi connectivity index (χ1) is 9.33. The fraction of sp³-hybridized carbons (Fsp3) is 0.533. The van der Waals surface area contributed by atoms with Crippen LogP contribution >= 0.6 is 11.8 Å². The van der Waals surface area contributed by atoms with Gasteiger partial charge in [-0.3, -0.25) is 4.79 Å². The molecule has 1 aromatic rings. The Kier molecular flexibility index (Phi) is 3.97. The van der Waals surface area contributed by atoms with Gasteiger partial charge in [-0.1, -0.05) is 6.42 Å². The predicted octanol–water partition coefficient (Wildman–Crippen LogP) is 2.67. The zero-order valence-corrected chi connectivity index (χ0v) is 11.9. The molecule has 3 rings (SSSR count). The largest absolute Gasteiger partial charge is 0.384 e. The van der Waals surface area contributed by atoms with E-state index in [0.717, 1.165) is 25.1 Å². The smallest absolute Gasteiger partial charge is 0.251 e. The van der Waals surface area contributed by atoms with Crippen LogP contribution in [0.2, 0.25) is 0 Å². The molecular weight excluding hydrogens is 256 g/mol. The first kappa shape index (κ1) is 12.9. The van der Waals surface area contributed by atoms with E-state index in [0.29, 0.717) is 5.25 Å². The maximum absolute atomic E-state index is 12.1. The normalized spacial score (nSPS) is 21.6. The molecule has 0 aliphatic carbocycles. The van der Waals surface area contributed by atoms with Crippen LogP contribution in [0.5, 0.6) is 0 Å². The molecule has 2 aliphatic rings. The summed E-state index contributed by atoms with van der Waals surface area (Å²) in [4.78, 5) is 12.1. The average molecular weight is 276 g/mol. The fourth-order valence-corrected chi connectivity index (χ4v) is 3.96. The molecule has 0 aromatic heterocycles. The van der Waals surface area contributed by atoms with Crippen LogP contribution in [0.15, 0.2) is 18.2 Å². The topological polar surface area (TPSA) is 41.1 Å². The molecule has 0 spiro atoms. The van der Waals surface area contributed by atoms with Crippen LogP contribution in [-0.4, -0.2) is 30.0 Å². The molecule has 102 valence electrons. The second kappa shape index (κ2) is 5.87. The SMILES string of the molecule is O=C(NCC1CCCCS1)c1ccc2c(c1)CCN2. The number of hydrogen-bond acceptors (Lipinski definition) is 3. The quantitative estimate of drug-likeness (QED) is 0.892. The third-order valence-electron chi connectivity index (χ3n) is 3.84. The third kappa shape index (κ3) is 3.06. The highest BCUT2D eigenvalue weighted by Gasteiger charge is 2.17. The molecule has 1 amide bonds. The summed E-state index contributed by atoms with van der Waals surface area (Å²) in [5.41, 5.74) is 3.24. The summed E-state index contributed by atoms with van der Waals surface area (Å²) in [6, 6.07) is 5.96. The van der Waals surface area contributed by atoms with Gasteiger partial charge in [-0.05, 0) is 48.8 Å². The molecule has 4 heteroatoms. The van der Waals surface area contributed by atoms with E-state index < -0.39 is 0 Å². The Balaban J connectivity index is 1.57. The number of carbonyl (C=O) groups is 1. The van der Waals surface area contributed by atoms with Crippen molar-refractivity contribution in [3.8, 4) is 0 Å². The highest BCUT2D eigenvalue weighted by molar-refractivity contribution is 7.99. The third-order valence-corrected chi connectivity index (χ3v) is 5.24. The number of benzene rings is 1. The van der Waals surface area contributed by atoms with Gasteiger partial charge in [0.25, 0.3) is 5.91 Å². The lowest BCUT2D eigenvalue weighted by molar-refractivity contribution is 0.0953. The van der Waals surface area contributed by atoms with E-state index in [1.165, 1.54) is 36.3 Å². The number of carbonyl (C=O) groups excluding carboxylic acids is 1. The molecule has 2 heterocycles. The second-order valence-electron chi connectivity index (χ2n) is 5.25. The Morgan fingerprint density at radius 1 is 1.42 bits per heavy atom. The van der Waals surface area contributed by atoms with E-state index in [1.54, 1.807) is 0 Å². The highest BCUT2D eigenvalue weighted by Crippen LogP contribution is 2.25. The van der Waals surface area contributed by atoms with E-state index >= 15 is 0 Å². The van der Waals surface area contributed by atoms with Crippen LogP contribution in [0.3, 0.4) is 0 Å². The van der Waals surface area contributed by atoms with Gasteiger partial charge in [-0.25, -0.2) is 0 Å². The summed E-state index contributed by atoms with van der Waals surface area (Å²) in [5, 5.41) is 7.00. The molecule has 1 unspecified atom stereocenters.